The second-order valence-corrected chi connectivity index (χ2v) is 4.74. The third-order valence-corrected chi connectivity index (χ3v) is 3.37. The molecule has 5 nitrogen and oxygen atoms in total. The van der Waals surface area contributed by atoms with Crippen molar-refractivity contribution in [3.8, 4) is 23.0 Å². The highest BCUT2D eigenvalue weighted by atomic mass is 16.5. The summed E-state index contributed by atoms with van der Waals surface area (Å²) in [5.41, 5.74) is 0.818. The summed E-state index contributed by atoms with van der Waals surface area (Å²) in [6, 6.07) is 7.61. The van der Waals surface area contributed by atoms with Gasteiger partial charge in [-0.25, -0.2) is 0 Å². The first kappa shape index (κ1) is 13.1. The van der Waals surface area contributed by atoms with E-state index < -0.39 is 5.78 Å². The highest BCUT2D eigenvalue weighted by Gasteiger charge is 2.33. The van der Waals surface area contributed by atoms with Gasteiger partial charge in [-0.05, 0) is 19.1 Å². The quantitative estimate of drug-likeness (QED) is 0.701. The molecule has 0 radical (unpaired) electrons. The molecule has 0 aromatic heterocycles. The van der Waals surface area contributed by atoms with Crippen LogP contribution in [-0.4, -0.2) is 21.1 Å². The van der Waals surface area contributed by atoms with E-state index in [1.54, 1.807) is 25.1 Å². The summed E-state index contributed by atoms with van der Waals surface area (Å²) >= 11 is 0. The number of phenols is 3. The Hall–Kier alpha value is -2.95. The van der Waals surface area contributed by atoms with Crippen molar-refractivity contribution in [2.24, 2.45) is 0 Å². The molecule has 21 heavy (non-hydrogen) atoms. The lowest BCUT2D eigenvalue weighted by Crippen LogP contribution is -1.98. The highest BCUT2D eigenvalue weighted by molar-refractivity contribution is 6.16. The van der Waals surface area contributed by atoms with Crippen LogP contribution in [-0.2, 0) is 0 Å². The number of aromatic hydroxyl groups is 3. The normalized spacial score (nSPS) is 15.1. The molecule has 0 atom stereocenters. The zero-order valence-corrected chi connectivity index (χ0v) is 11.1. The van der Waals surface area contributed by atoms with Gasteiger partial charge < -0.3 is 20.1 Å². The lowest BCUT2D eigenvalue weighted by atomic mass is 10.0. The SMILES string of the molecule is Cc1c(O)cc(O)c2c1O/C(=C\c1ccccc1O)C2=O. The number of Topliss-reactive ketones (excluding diaryl/α,β-unsaturated/α-hetero) is 1. The number of rotatable bonds is 1. The van der Waals surface area contributed by atoms with Gasteiger partial charge in [0.1, 0.15) is 28.6 Å². The minimum absolute atomic E-state index is 0.0150. The Balaban J connectivity index is 2.11. The molecule has 0 saturated heterocycles. The third-order valence-electron chi connectivity index (χ3n) is 3.37. The van der Waals surface area contributed by atoms with Gasteiger partial charge in [-0.3, -0.25) is 4.79 Å². The Kier molecular flexibility index (Phi) is 2.83. The van der Waals surface area contributed by atoms with Gasteiger partial charge in [0.25, 0.3) is 0 Å². The molecule has 1 aliphatic rings. The predicted octanol–water partition coefficient (Wildman–Crippen LogP) is 2.73. The van der Waals surface area contributed by atoms with Crippen LogP contribution in [0.2, 0.25) is 0 Å². The first-order valence-electron chi connectivity index (χ1n) is 6.27. The summed E-state index contributed by atoms with van der Waals surface area (Å²) < 4.78 is 5.45. The Bertz CT molecular complexity index is 789. The van der Waals surface area contributed by atoms with Crippen molar-refractivity contribution in [3.63, 3.8) is 0 Å². The van der Waals surface area contributed by atoms with E-state index in [0.29, 0.717) is 11.1 Å². The molecule has 1 heterocycles. The van der Waals surface area contributed by atoms with Crippen molar-refractivity contribution in [3.05, 3.63) is 52.8 Å². The smallest absolute Gasteiger partial charge is 0.235 e. The standard InChI is InChI=1S/C16H12O5/c1-8-11(18)7-12(19)14-15(20)13(21-16(8)14)6-9-4-2-3-5-10(9)17/h2-7,17-19H,1H3/b13-6-. The van der Waals surface area contributed by atoms with E-state index in [0.717, 1.165) is 6.07 Å². The van der Waals surface area contributed by atoms with Crippen molar-refractivity contribution in [1.82, 2.24) is 0 Å². The van der Waals surface area contributed by atoms with Gasteiger partial charge in [0.05, 0.1) is 0 Å². The van der Waals surface area contributed by atoms with Gasteiger partial charge in [-0.15, -0.1) is 0 Å². The van der Waals surface area contributed by atoms with Crippen molar-refractivity contribution in [2.45, 2.75) is 6.92 Å². The number of para-hydroxylation sites is 1. The van der Waals surface area contributed by atoms with Crippen LogP contribution in [0.4, 0.5) is 0 Å². The molecule has 0 saturated carbocycles. The fourth-order valence-electron chi connectivity index (χ4n) is 2.20. The molecule has 0 aliphatic carbocycles. The molecule has 5 heteroatoms. The van der Waals surface area contributed by atoms with E-state index in [-0.39, 0.29) is 34.3 Å². The van der Waals surface area contributed by atoms with Gasteiger partial charge in [-0.1, -0.05) is 18.2 Å². The molecule has 3 rings (SSSR count). The third kappa shape index (κ3) is 1.99. The molecular formula is C16H12O5. The van der Waals surface area contributed by atoms with Crippen LogP contribution in [0.5, 0.6) is 23.0 Å². The Morgan fingerprint density at radius 2 is 1.76 bits per heavy atom. The number of allylic oxidation sites excluding steroid dienone is 1. The Morgan fingerprint density at radius 1 is 1.05 bits per heavy atom. The number of benzene rings is 2. The van der Waals surface area contributed by atoms with E-state index >= 15 is 0 Å². The Labute approximate surface area is 120 Å². The van der Waals surface area contributed by atoms with Crippen molar-refractivity contribution in [1.29, 1.82) is 0 Å². The average molecular weight is 284 g/mol. The number of ketones is 1. The number of hydrogen-bond acceptors (Lipinski definition) is 5. The number of carbonyl (C=O) groups is 1. The molecule has 0 spiro atoms. The van der Waals surface area contributed by atoms with Gasteiger partial charge in [0, 0.05) is 17.2 Å². The van der Waals surface area contributed by atoms with E-state index in [2.05, 4.69) is 0 Å². The first-order chi connectivity index (χ1) is 9.99. The van der Waals surface area contributed by atoms with Crippen LogP contribution < -0.4 is 4.74 Å². The lowest BCUT2D eigenvalue weighted by molar-refractivity contribution is 0.101. The number of fused-ring (bicyclic) bond motifs is 1. The van der Waals surface area contributed by atoms with Crippen LogP contribution in [0.15, 0.2) is 36.1 Å². The summed E-state index contributed by atoms with van der Waals surface area (Å²) in [4.78, 5) is 12.3. The summed E-state index contributed by atoms with van der Waals surface area (Å²) in [5.74, 6) is -0.841. The molecule has 0 bridgehead atoms. The zero-order chi connectivity index (χ0) is 15.1. The first-order valence-corrected chi connectivity index (χ1v) is 6.27. The van der Waals surface area contributed by atoms with Crippen molar-refractivity contribution in [2.75, 3.05) is 0 Å². The molecule has 1 aliphatic heterocycles. The topological polar surface area (TPSA) is 87.0 Å². The molecule has 3 N–H and O–H groups in total. The van der Waals surface area contributed by atoms with Crippen molar-refractivity contribution < 1.29 is 24.9 Å². The van der Waals surface area contributed by atoms with Crippen molar-refractivity contribution >= 4 is 11.9 Å². The molecule has 106 valence electrons. The molecule has 2 aromatic rings. The van der Waals surface area contributed by atoms with Gasteiger partial charge >= 0.3 is 0 Å². The summed E-state index contributed by atoms with van der Waals surface area (Å²) in [6.45, 7) is 1.59. The second-order valence-electron chi connectivity index (χ2n) is 4.74. The van der Waals surface area contributed by atoms with Gasteiger partial charge in [-0.2, -0.15) is 0 Å². The molecule has 2 aromatic carbocycles. The maximum Gasteiger partial charge on any atom is 0.235 e. The summed E-state index contributed by atoms with van der Waals surface area (Å²) in [7, 11) is 0. The van der Waals surface area contributed by atoms with Crippen LogP contribution in [0, 0.1) is 6.92 Å². The Morgan fingerprint density at radius 3 is 2.48 bits per heavy atom. The maximum absolute atomic E-state index is 12.3. The molecular weight excluding hydrogens is 272 g/mol. The van der Waals surface area contributed by atoms with Crippen LogP contribution >= 0.6 is 0 Å². The van der Waals surface area contributed by atoms with Crippen LogP contribution in [0.1, 0.15) is 21.5 Å². The predicted molar refractivity (Wildman–Crippen MR) is 75.6 cm³/mol. The number of ether oxygens (including phenoxy) is 1. The highest BCUT2D eigenvalue weighted by Crippen LogP contribution is 2.44. The van der Waals surface area contributed by atoms with E-state index in [1.807, 2.05) is 0 Å². The number of carbonyl (C=O) groups excluding carboxylic acids is 1. The number of phenolic OH excluding ortho intramolecular Hbond substituents is 3. The summed E-state index contributed by atoms with van der Waals surface area (Å²) in [5, 5.41) is 29.2. The lowest BCUT2D eigenvalue weighted by Gasteiger charge is -2.05. The van der Waals surface area contributed by atoms with E-state index in [9.17, 15) is 20.1 Å². The fourth-order valence-corrected chi connectivity index (χ4v) is 2.20. The van der Waals surface area contributed by atoms with Gasteiger partial charge in [0.2, 0.25) is 5.78 Å². The minimum atomic E-state index is -0.492. The van der Waals surface area contributed by atoms with Crippen LogP contribution in [0.3, 0.4) is 0 Å². The second kappa shape index (κ2) is 4.56. The minimum Gasteiger partial charge on any atom is -0.507 e. The molecule has 0 unspecified atom stereocenters. The monoisotopic (exact) mass is 284 g/mol. The zero-order valence-electron chi connectivity index (χ0n) is 11.1. The largest absolute Gasteiger partial charge is 0.507 e. The van der Waals surface area contributed by atoms with E-state index in [1.165, 1.54) is 12.1 Å². The molecule has 0 fully saturated rings. The number of hydrogen-bond donors (Lipinski definition) is 3. The average Bonchev–Trinajstić information content (AvgIpc) is 2.77. The summed E-state index contributed by atoms with van der Waals surface area (Å²) in [6.07, 6.45) is 1.40. The maximum atomic E-state index is 12.3. The van der Waals surface area contributed by atoms with Crippen LogP contribution in [0.25, 0.3) is 6.08 Å². The van der Waals surface area contributed by atoms with E-state index in [4.69, 9.17) is 4.74 Å². The molecule has 0 amide bonds. The van der Waals surface area contributed by atoms with Gasteiger partial charge in [0.15, 0.2) is 5.76 Å². The fraction of sp³-hybridized carbons (Fsp3) is 0.0625.